The molecule has 0 saturated carbocycles. The Labute approximate surface area is 666 Å². The zero-order valence-electron chi connectivity index (χ0n) is 68.6. The van der Waals surface area contributed by atoms with Crippen LogP contribution in [0.15, 0.2) is 243 Å². The Hall–Kier alpha value is -11.3. The van der Waals surface area contributed by atoms with Crippen LogP contribution in [0.2, 0.25) is 0 Å². The smallest absolute Gasteiger partial charge is 0.231 e. The van der Waals surface area contributed by atoms with Crippen molar-refractivity contribution in [3.63, 3.8) is 0 Å². The van der Waals surface area contributed by atoms with Crippen LogP contribution in [-0.2, 0) is 0 Å². The number of nitrogens with zero attached hydrogens (tertiary/aromatic N) is 7. The fourth-order valence-corrected chi connectivity index (χ4v) is 12.9. The highest BCUT2D eigenvalue weighted by atomic mass is 32.1. The molecule has 112 heavy (non-hydrogen) atoms. The van der Waals surface area contributed by atoms with Gasteiger partial charge in [0.1, 0.15) is 13.2 Å². The maximum absolute atomic E-state index is 5.49. The molecule has 14 nitrogen and oxygen atoms in total. The lowest BCUT2D eigenvalue weighted by molar-refractivity contribution is 0.171. The molecule has 15 heteroatoms. The van der Waals surface area contributed by atoms with Crippen molar-refractivity contribution >= 4 is 87.1 Å². The highest BCUT2D eigenvalue weighted by Gasteiger charge is 2.16. The Morgan fingerprint density at radius 2 is 0.750 bits per heavy atom. The summed E-state index contributed by atoms with van der Waals surface area (Å²) in [4.78, 5) is 24.7. The van der Waals surface area contributed by atoms with Gasteiger partial charge >= 0.3 is 0 Å². The lowest BCUT2D eigenvalue weighted by Crippen LogP contribution is -2.15. The second kappa shape index (κ2) is 40.6. The van der Waals surface area contributed by atoms with Crippen LogP contribution >= 0.6 is 11.3 Å². The van der Waals surface area contributed by atoms with Crippen LogP contribution in [0, 0.1) is 0 Å². The number of benzene rings is 9. The predicted molar refractivity (Wildman–Crippen MR) is 470 cm³/mol. The first-order valence-corrected chi connectivity index (χ1v) is 40.3. The Bertz CT molecular complexity index is 5080. The number of ether oxygens (including phenoxy) is 4. The van der Waals surface area contributed by atoms with Crippen LogP contribution in [0.25, 0.3) is 75.8 Å². The molecule has 9 aromatic carbocycles. The van der Waals surface area contributed by atoms with Gasteiger partial charge in [-0.3, -0.25) is 25.1 Å². The highest BCUT2D eigenvalue weighted by Crippen LogP contribution is 2.36. The molecule has 0 fully saturated rings. The summed E-state index contributed by atoms with van der Waals surface area (Å²) in [7, 11) is 0. The molecular weight excluding hydrogens is 1400 g/mol. The summed E-state index contributed by atoms with van der Waals surface area (Å²) in [6, 6.07) is 71.5. The monoisotopic (exact) mass is 1510 g/mol. The second-order valence-corrected chi connectivity index (χ2v) is 31.8. The number of hydrogen-bond acceptors (Lipinski definition) is 12. The van der Waals surface area contributed by atoms with Crippen molar-refractivity contribution in [1.29, 1.82) is 0 Å². The van der Waals surface area contributed by atoms with Crippen LogP contribution in [0.1, 0.15) is 228 Å². The van der Waals surface area contributed by atoms with E-state index in [0.29, 0.717) is 73.3 Å². The van der Waals surface area contributed by atoms with Gasteiger partial charge in [0.15, 0.2) is 23.0 Å². The number of fused-ring (bicyclic) bond motifs is 9. The summed E-state index contributed by atoms with van der Waals surface area (Å²) in [5, 5.41) is 19.9. The Morgan fingerprint density at radius 3 is 1.39 bits per heavy atom. The minimum atomic E-state index is 0.358. The lowest BCUT2D eigenvalue weighted by Gasteiger charge is -2.19. The van der Waals surface area contributed by atoms with E-state index in [0.717, 1.165) is 67.1 Å². The number of thiazole rings is 1. The van der Waals surface area contributed by atoms with Gasteiger partial charge in [0.25, 0.3) is 0 Å². The van der Waals surface area contributed by atoms with Gasteiger partial charge in [0.05, 0.1) is 73.1 Å². The molecule has 0 spiro atoms. The SMILES string of the molecule is CC(C)c1ccc2[nH]ncc2c1.CC(C)c1ccc2c(c1)OCCO2.CC(C)c1ccc2c(c1)OCO2.CC(C)c1ccc2ccccc2n1.CC(C)c1ccc2cccnc2c1.CC(C)c1ccc2cn[nH]c2c1.CC(C)c1ccc2nc[nH]c2c1.CC(C)c1ccc2ncccc2c1.CC(C)c1ccc2ncsc2c1. The van der Waals surface area contributed by atoms with E-state index in [4.69, 9.17) is 18.9 Å². The van der Waals surface area contributed by atoms with Gasteiger partial charge in [-0.25, -0.2) is 9.97 Å². The van der Waals surface area contributed by atoms with Crippen LogP contribution in [0.3, 0.4) is 0 Å². The summed E-state index contributed by atoms with van der Waals surface area (Å²) in [5.41, 5.74) is 22.6. The molecule has 3 N–H and O–H groups in total. The number of pyridine rings is 3. The number of imidazole rings is 1. The quantitative estimate of drug-likeness (QED) is 0.125. The van der Waals surface area contributed by atoms with E-state index in [1.54, 1.807) is 17.7 Å². The fraction of sp³-hybridized carbons (Fsp3) is 0.309. The van der Waals surface area contributed by atoms with Gasteiger partial charge in [-0.05, 0) is 207 Å². The minimum absolute atomic E-state index is 0.358. The normalized spacial score (nSPS) is 11.8. The van der Waals surface area contributed by atoms with Crippen molar-refractivity contribution in [3.8, 4) is 23.0 Å². The molecule has 2 aliphatic rings. The molecule has 0 radical (unpaired) electrons. The van der Waals surface area contributed by atoms with Crippen molar-refractivity contribution in [2.75, 3.05) is 20.0 Å². The molecular formula is C97H112N10O4S. The first-order valence-electron chi connectivity index (χ1n) is 39.4. The maximum atomic E-state index is 5.49. The zero-order valence-corrected chi connectivity index (χ0v) is 69.4. The number of para-hydroxylation sites is 1. The molecule has 0 atom stereocenters. The van der Waals surface area contributed by atoms with E-state index >= 15 is 0 Å². The first-order chi connectivity index (χ1) is 53.9. The number of aromatic nitrogens is 10. The molecule has 18 rings (SSSR count). The van der Waals surface area contributed by atoms with E-state index in [9.17, 15) is 0 Å². The average Bonchev–Trinajstić information content (AvgIpc) is 1.79. The molecule has 0 aliphatic carbocycles. The van der Waals surface area contributed by atoms with E-state index in [1.165, 1.54) is 81.8 Å². The zero-order chi connectivity index (χ0) is 79.8. The Kier molecular flexibility index (Phi) is 30.1. The molecule has 0 saturated heterocycles. The van der Waals surface area contributed by atoms with Crippen molar-refractivity contribution in [2.45, 2.75) is 178 Å². The Balaban J connectivity index is 0.000000134. The van der Waals surface area contributed by atoms with Crippen LogP contribution in [0.5, 0.6) is 23.0 Å². The molecule has 580 valence electrons. The molecule has 16 aromatic rings. The molecule has 0 amide bonds. The number of nitrogens with one attached hydrogen (secondary N) is 3. The third kappa shape index (κ3) is 23.6. The number of aromatic amines is 3. The second-order valence-electron chi connectivity index (χ2n) is 30.9. The summed E-state index contributed by atoms with van der Waals surface area (Å²) in [6.45, 7) is 41.1. The molecule has 0 bridgehead atoms. The summed E-state index contributed by atoms with van der Waals surface area (Å²) < 4.78 is 22.7. The average molecular weight is 1510 g/mol. The van der Waals surface area contributed by atoms with Gasteiger partial charge in [-0.1, -0.05) is 222 Å². The summed E-state index contributed by atoms with van der Waals surface area (Å²) in [5.74, 6) is 8.60. The highest BCUT2D eigenvalue weighted by molar-refractivity contribution is 7.16. The predicted octanol–water partition coefficient (Wildman–Crippen LogP) is 26.7. The van der Waals surface area contributed by atoms with Gasteiger partial charge in [-0.15, -0.1) is 11.3 Å². The standard InChI is InChI=1S/3C12H13N.C11H14O2.3C10H12N2.C10H11NS.C10H12O2/c1-9(2)10-5-6-12-11(8-10)4-3-7-13-12;1-9(2)11-6-5-10-4-3-7-13-12(10)8-11;1-9(2)11-8-7-10-5-3-4-6-12(10)13-11;1-8(2)9-3-4-10-11(7-9)13-6-5-12-10;1-7(2)8-3-4-10-9(5-8)6-11-12-10;1-7(2)8-3-4-9-10(5-8)12-6-11-9;1-7(2)8-3-4-9-6-11-12-10(9)5-8;2*1-7(2)8-3-4-9-10(5-8)12-6-11-9/h3*3-9H,1-2H3;3-4,7-8H,5-6H2,1-2H3;3*3-7H,1-2H3,(H,11,12);3-7H,1-2H3;3-5,7H,6H2,1-2H3. The number of hydrogen-bond donors (Lipinski definition) is 3. The van der Waals surface area contributed by atoms with Crippen LogP contribution in [-0.4, -0.2) is 70.3 Å². The molecule has 2 aliphatic heterocycles. The van der Waals surface area contributed by atoms with Crippen molar-refractivity contribution in [3.05, 3.63) is 293 Å². The number of rotatable bonds is 9. The summed E-state index contributed by atoms with van der Waals surface area (Å²) >= 11 is 1.71. The lowest BCUT2D eigenvalue weighted by atomic mass is 10.0. The van der Waals surface area contributed by atoms with Crippen molar-refractivity contribution in [1.82, 2.24) is 50.3 Å². The van der Waals surface area contributed by atoms with E-state index < -0.39 is 0 Å². The topological polar surface area (TPSA) is 175 Å². The fourth-order valence-electron chi connectivity index (χ4n) is 12.2. The maximum Gasteiger partial charge on any atom is 0.231 e. The molecule has 7 aromatic heterocycles. The third-order valence-corrected chi connectivity index (χ3v) is 20.3. The van der Waals surface area contributed by atoms with Gasteiger partial charge < -0.3 is 23.9 Å². The van der Waals surface area contributed by atoms with E-state index in [-0.39, 0.29) is 0 Å². The molecule has 0 unspecified atom stereocenters. The molecule has 9 heterocycles. The van der Waals surface area contributed by atoms with Crippen molar-refractivity contribution in [2.24, 2.45) is 0 Å². The largest absolute Gasteiger partial charge is 0.486 e. The third-order valence-electron chi connectivity index (χ3n) is 19.5. The number of H-pyrrole nitrogens is 3. The van der Waals surface area contributed by atoms with Crippen LogP contribution < -0.4 is 18.9 Å². The van der Waals surface area contributed by atoms with Crippen molar-refractivity contribution < 1.29 is 18.9 Å². The van der Waals surface area contributed by atoms with Crippen LogP contribution in [0.4, 0.5) is 0 Å². The van der Waals surface area contributed by atoms with E-state index in [2.05, 4.69) is 339 Å². The minimum Gasteiger partial charge on any atom is -0.486 e. The summed E-state index contributed by atoms with van der Waals surface area (Å²) in [6.07, 6.45) is 9.11. The van der Waals surface area contributed by atoms with Gasteiger partial charge in [0.2, 0.25) is 6.79 Å². The first kappa shape index (κ1) is 83.2. The van der Waals surface area contributed by atoms with E-state index in [1.807, 2.05) is 72.8 Å². The Morgan fingerprint density at radius 1 is 0.304 bits per heavy atom. The van der Waals surface area contributed by atoms with Gasteiger partial charge in [0, 0.05) is 45.0 Å². The van der Waals surface area contributed by atoms with Gasteiger partial charge in [-0.2, -0.15) is 10.2 Å².